The molecule has 0 spiro atoms. The average Bonchev–Trinajstić information content (AvgIpc) is 2.61. The minimum Gasteiger partial charge on any atom is -0.465 e. The van der Waals surface area contributed by atoms with Crippen LogP contribution >= 0.6 is 0 Å². The molecule has 2 aromatic rings. The molecule has 2 aromatic carbocycles. The molecule has 5 heteroatoms. The van der Waals surface area contributed by atoms with Crippen LogP contribution in [0.25, 0.3) is 0 Å². The molecule has 0 aromatic heterocycles. The largest absolute Gasteiger partial charge is 0.465 e. The number of methoxy groups -OCH3 is 1. The summed E-state index contributed by atoms with van der Waals surface area (Å²) in [5.41, 5.74) is 2.16. The van der Waals surface area contributed by atoms with Gasteiger partial charge in [-0.25, -0.2) is 4.79 Å². The highest BCUT2D eigenvalue weighted by Gasteiger charge is 2.14. The van der Waals surface area contributed by atoms with Crippen LogP contribution in [0.2, 0.25) is 0 Å². The number of hydrogen-bond acceptors (Lipinski definition) is 4. The number of ether oxygens (including phenoxy) is 1. The Morgan fingerprint density at radius 1 is 0.958 bits per heavy atom. The van der Waals surface area contributed by atoms with Gasteiger partial charge < -0.3 is 10.1 Å². The highest BCUT2D eigenvalue weighted by Crippen LogP contribution is 2.20. The second kappa shape index (κ2) is 8.06. The maximum absolute atomic E-state index is 12.1. The van der Waals surface area contributed by atoms with E-state index >= 15 is 0 Å². The second-order valence-electron chi connectivity index (χ2n) is 5.31. The minimum absolute atomic E-state index is 0.0780. The van der Waals surface area contributed by atoms with Crippen LogP contribution in [0.3, 0.4) is 0 Å². The fourth-order valence-electron chi connectivity index (χ4n) is 2.31. The van der Waals surface area contributed by atoms with Crippen LogP contribution in [0.1, 0.15) is 39.1 Å². The quantitative estimate of drug-likeness (QED) is 0.653. The van der Waals surface area contributed by atoms with E-state index in [1.165, 1.54) is 7.11 Å². The number of rotatable bonds is 6. The van der Waals surface area contributed by atoms with Crippen molar-refractivity contribution in [1.29, 1.82) is 0 Å². The number of ketones is 1. The summed E-state index contributed by atoms with van der Waals surface area (Å²) in [6, 6.07) is 13.9. The summed E-state index contributed by atoms with van der Waals surface area (Å²) in [4.78, 5) is 35.7. The minimum atomic E-state index is -0.456. The Bertz CT molecular complexity index is 753. The Kier molecular flexibility index (Phi) is 5.84. The number of carbonyl (C=O) groups is 3. The van der Waals surface area contributed by atoms with Crippen molar-refractivity contribution < 1.29 is 19.1 Å². The van der Waals surface area contributed by atoms with Crippen molar-refractivity contribution in [3.05, 3.63) is 65.2 Å². The summed E-state index contributed by atoms with van der Waals surface area (Å²) >= 11 is 0. The Hall–Kier alpha value is -2.95. The maximum Gasteiger partial charge on any atom is 0.338 e. The van der Waals surface area contributed by atoms with E-state index in [1.807, 2.05) is 6.07 Å². The number of esters is 1. The molecule has 24 heavy (non-hydrogen) atoms. The molecular formula is C19H19NO4. The van der Waals surface area contributed by atoms with Crippen LogP contribution in [0.4, 0.5) is 5.69 Å². The zero-order valence-electron chi connectivity index (χ0n) is 13.7. The molecular weight excluding hydrogens is 306 g/mol. The summed E-state index contributed by atoms with van der Waals surface area (Å²) in [5.74, 6) is -0.807. The average molecular weight is 325 g/mol. The molecule has 0 aliphatic carbocycles. The van der Waals surface area contributed by atoms with Crippen molar-refractivity contribution in [3.63, 3.8) is 0 Å². The van der Waals surface area contributed by atoms with E-state index in [1.54, 1.807) is 49.4 Å². The summed E-state index contributed by atoms with van der Waals surface area (Å²) in [5, 5.41) is 2.74. The van der Waals surface area contributed by atoms with Crippen molar-refractivity contribution in [2.45, 2.75) is 19.8 Å². The third-order valence-corrected chi connectivity index (χ3v) is 3.69. The number of anilines is 1. The van der Waals surface area contributed by atoms with Gasteiger partial charge in [-0.15, -0.1) is 0 Å². The van der Waals surface area contributed by atoms with Gasteiger partial charge in [0.1, 0.15) is 0 Å². The van der Waals surface area contributed by atoms with E-state index in [0.717, 1.165) is 0 Å². The molecule has 0 fully saturated rings. The number of nitrogens with one attached hydrogen (secondary N) is 1. The van der Waals surface area contributed by atoms with E-state index in [0.29, 0.717) is 22.4 Å². The molecule has 2 rings (SSSR count). The summed E-state index contributed by atoms with van der Waals surface area (Å²) in [7, 11) is 1.31. The molecule has 5 nitrogen and oxygen atoms in total. The molecule has 0 aliphatic heterocycles. The molecule has 1 amide bonds. The van der Waals surface area contributed by atoms with Crippen molar-refractivity contribution in [1.82, 2.24) is 0 Å². The van der Waals surface area contributed by atoms with E-state index in [4.69, 9.17) is 4.74 Å². The molecule has 0 bridgehead atoms. The summed E-state index contributed by atoms with van der Waals surface area (Å²) < 4.78 is 4.71. The van der Waals surface area contributed by atoms with Gasteiger partial charge in [-0.05, 0) is 24.6 Å². The zero-order chi connectivity index (χ0) is 17.5. The van der Waals surface area contributed by atoms with Gasteiger partial charge in [0.05, 0.1) is 12.7 Å². The number of amides is 1. The maximum atomic E-state index is 12.1. The van der Waals surface area contributed by atoms with E-state index in [-0.39, 0.29) is 24.5 Å². The van der Waals surface area contributed by atoms with Crippen LogP contribution in [0.5, 0.6) is 0 Å². The Morgan fingerprint density at radius 2 is 1.67 bits per heavy atom. The van der Waals surface area contributed by atoms with Crippen molar-refractivity contribution in [2.24, 2.45) is 0 Å². The van der Waals surface area contributed by atoms with Crippen molar-refractivity contribution >= 4 is 23.3 Å². The summed E-state index contributed by atoms with van der Waals surface area (Å²) in [6.07, 6.45) is 0.210. The number of Topliss-reactive ketones (excluding diaryl/α,β-unsaturated/α-hetero) is 1. The first kappa shape index (κ1) is 17.4. The molecule has 0 radical (unpaired) electrons. The Morgan fingerprint density at radius 3 is 2.33 bits per heavy atom. The molecule has 0 saturated carbocycles. The predicted molar refractivity (Wildman–Crippen MR) is 91.2 cm³/mol. The molecule has 124 valence electrons. The van der Waals surface area contributed by atoms with Gasteiger partial charge in [0.2, 0.25) is 5.91 Å². The fourth-order valence-corrected chi connectivity index (χ4v) is 2.31. The Balaban J connectivity index is 1.98. The van der Waals surface area contributed by atoms with Crippen LogP contribution in [-0.4, -0.2) is 24.8 Å². The SMILES string of the molecule is COC(=O)c1cccc(NC(=O)CCC(=O)c2ccccc2)c1C. The lowest BCUT2D eigenvalue weighted by atomic mass is 10.1. The summed E-state index contributed by atoms with van der Waals surface area (Å²) in [6.45, 7) is 1.73. The molecule has 0 unspecified atom stereocenters. The third kappa shape index (κ3) is 4.29. The van der Waals surface area contributed by atoms with Crippen LogP contribution in [0, 0.1) is 6.92 Å². The van der Waals surface area contributed by atoms with Gasteiger partial charge in [0, 0.05) is 24.1 Å². The molecule has 0 aliphatic rings. The highest BCUT2D eigenvalue weighted by molar-refractivity contribution is 6.01. The van der Waals surface area contributed by atoms with Gasteiger partial charge >= 0.3 is 5.97 Å². The van der Waals surface area contributed by atoms with E-state index in [9.17, 15) is 14.4 Å². The molecule has 0 atom stereocenters. The van der Waals surface area contributed by atoms with Crippen molar-refractivity contribution in [2.75, 3.05) is 12.4 Å². The van der Waals surface area contributed by atoms with Crippen LogP contribution in [-0.2, 0) is 9.53 Å². The van der Waals surface area contributed by atoms with E-state index in [2.05, 4.69) is 5.32 Å². The first-order valence-electron chi connectivity index (χ1n) is 7.59. The van der Waals surface area contributed by atoms with E-state index < -0.39 is 5.97 Å². The number of benzene rings is 2. The second-order valence-corrected chi connectivity index (χ2v) is 5.31. The van der Waals surface area contributed by atoms with Crippen LogP contribution in [0.15, 0.2) is 48.5 Å². The standard InChI is InChI=1S/C19H19NO4/c1-13-15(19(23)24-2)9-6-10-16(13)20-18(22)12-11-17(21)14-7-4-3-5-8-14/h3-10H,11-12H2,1-2H3,(H,20,22). The number of hydrogen-bond donors (Lipinski definition) is 1. The third-order valence-electron chi connectivity index (χ3n) is 3.69. The first-order valence-corrected chi connectivity index (χ1v) is 7.59. The lowest BCUT2D eigenvalue weighted by molar-refractivity contribution is -0.116. The molecule has 0 heterocycles. The smallest absolute Gasteiger partial charge is 0.338 e. The van der Waals surface area contributed by atoms with Crippen molar-refractivity contribution in [3.8, 4) is 0 Å². The lowest BCUT2D eigenvalue weighted by Crippen LogP contribution is -2.15. The molecule has 1 N–H and O–H groups in total. The topological polar surface area (TPSA) is 72.5 Å². The zero-order valence-corrected chi connectivity index (χ0v) is 13.7. The lowest BCUT2D eigenvalue weighted by Gasteiger charge is -2.11. The van der Waals surface area contributed by atoms with Gasteiger partial charge in [-0.3, -0.25) is 9.59 Å². The van der Waals surface area contributed by atoms with Gasteiger partial charge in [0.25, 0.3) is 0 Å². The normalized spacial score (nSPS) is 10.1. The fraction of sp³-hybridized carbons (Fsp3) is 0.211. The highest BCUT2D eigenvalue weighted by atomic mass is 16.5. The monoisotopic (exact) mass is 325 g/mol. The van der Waals surface area contributed by atoms with Crippen LogP contribution < -0.4 is 5.32 Å². The van der Waals surface area contributed by atoms with Gasteiger partial charge in [-0.2, -0.15) is 0 Å². The first-order chi connectivity index (χ1) is 11.5. The number of carbonyl (C=O) groups excluding carboxylic acids is 3. The molecule has 0 saturated heterocycles. The van der Waals surface area contributed by atoms with Gasteiger partial charge in [0.15, 0.2) is 5.78 Å². The predicted octanol–water partition coefficient (Wildman–Crippen LogP) is 3.38. The Labute approximate surface area is 140 Å². The van der Waals surface area contributed by atoms with Gasteiger partial charge in [-0.1, -0.05) is 36.4 Å².